The average Bonchev–Trinajstić information content (AvgIpc) is 3.05. The number of piperidine rings is 1. The van der Waals surface area contributed by atoms with Crippen molar-refractivity contribution in [1.82, 2.24) is 20.1 Å². The fourth-order valence-corrected chi connectivity index (χ4v) is 3.97. The summed E-state index contributed by atoms with van der Waals surface area (Å²) in [6.07, 6.45) is 9.83. The monoisotopic (exact) mass is 282 g/mol. The zero-order chi connectivity index (χ0) is 14.1. The molecule has 110 valence electrons. The third-order valence-corrected chi connectivity index (χ3v) is 5.07. The number of para-hydroxylation sites is 1. The zero-order valence-corrected chi connectivity index (χ0v) is 12.3. The number of rotatable bonds is 2. The van der Waals surface area contributed by atoms with Gasteiger partial charge < -0.3 is 5.32 Å². The molecule has 2 heterocycles. The predicted octanol–water partition coefficient (Wildman–Crippen LogP) is 3.25. The minimum atomic E-state index is 0.340. The predicted molar refractivity (Wildman–Crippen MR) is 82.2 cm³/mol. The number of aromatic nitrogens is 3. The van der Waals surface area contributed by atoms with Crippen molar-refractivity contribution >= 4 is 0 Å². The Labute approximate surface area is 125 Å². The summed E-state index contributed by atoms with van der Waals surface area (Å²) in [6, 6.07) is 11.4. The Bertz CT molecular complexity index is 592. The van der Waals surface area contributed by atoms with Crippen molar-refractivity contribution < 1.29 is 0 Å². The molecule has 4 heteroatoms. The maximum Gasteiger partial charge on any atom is 0.154 e. The Morgan fingerprint density at radius 3 is 2.76 bits per heavy atom. The van der Waals surface area contributed by atoms with E-state index in [9.17, 15) is 0 Å². The van der Waals surface area contributed by atoms with Gasteiger partial charge in [0.05, 0.1) is 6.04 Å². The van der Waals surface area contributed by atoms with Crippen molar-refractivity contribution in [3.05, 3.63) is 42.5 Å². The minimum absolute atomic E-state index is 0.340. The van der Waals surface area contributed by atoms with Gasteiger partial charge in [0.25, 0.3) is 0 Å². The van der Waals surface area contributed by atoms with Crippen LogP contribution in [0.4, 0.5) is 0 Å². The molecule has 21 heavy (non-hydrogen) atoms. The maximum atomic E-state index is 4.40. The van der Waals surface area contributed by atoms with E-state index in [1.807, 2.05) is 12.4 Å². The summed E-state index contributed by atoms with van der Waals surface area (Å²) in [4.78, 5) is 0. The highest BCUT2D eigenvalue weighted by molar-refractivity contribution is 5.32. The number of fused-ring (bicyclic) bond motifs is 1. The molecule has 1 aromatic carbocycles. The highest BCUT2D eigenvalue weighted by Gasteiger charge is 2.34. The number of hydrogen-bond donors (Lipinski definition) is 1. The van der Waals surface area contributed by atoms with Crippen molar-refractivity contribution in [3.63, 3.8) is 0 Å². The van der Waals surface area contributed by atoms with Gasteiger partial charge in [0.15, 0.2) is 5.82 Å². The number of hydrogen-bond acceptors (Lipinski definition) is 3. The molecule has 0 bridgehead atoms. The van der Waals surface area contributed by atoms with Gasteiger partial charge in [0.2, 0.25) is 0 Å². The van der Waals surface area contributed by atoms with Crippen LogP contribution in [0.25, 0.3) is 5.69 Å². The highest BCUT2D eigenvalue weighted by atomic mass is 15.3. The molecule has 2 aliphatic rings. The maximum absolute atomic E-state index is 4.40. The third kappa shape index (κ3) is 2.48. The van der Waals surface area contributed by atoms with Crippen LogP contribution in [-0.4, -0.2) is 20.8 Å². The highest BCUT2D eigenvalue weighted by Crippen LogP contribution is 2.36. The van der Waals surface area contributed by atoms with Crippen molar-refractivity contribution in [2.24, 2.45) is 5.92 Å². The largest absolute Gasteiger partial charge is 0.304 e. The normalized spacial score (nSPS) is 29.0. The molecule has 1 aromatic heterocycles. The first-order chi connectivity index (χ1) is 10.4. The average molecular weight is 282 g/mol. The van der Waals surface area contributed by atoms with E-state index in [1.165, 1.54) is 38.5 Å². The van der Waals surface area contributed by atoms with Crippen LogP contribution in [0.3, 0.4) is 0 Å². The quantitative estimate of drug-likeness (QED) is 0.919. The van der Waals surface area contributed by atoms with Crippen LogP contribution in [0.2, 0.25) is 0 Å². The molecule has 0 radical (unpaired) electrons. The first-order valence-electron chi connectivity index (χ1n) is 8.13. The molecule has 1 saturated carbocycles. The molecule has 1 N–H and O–H groups in total. The number of nitrogens with zero attached hydrogens (tertiary/aromatic N) is 3. The summed E-state index contributed by atoms with van der Waals surface area (Å²) in [5, 5.41) is 12.4. The van der Waals surface area contributed by atoms with Crippen molar-refractivity contribution in [2.75, 3.05) is 0 Å². The van der Waals surface area contributed by atoms with E-state index in [4.69, 9.17) is 0 Å². The molecule has 2 fully saturated rings. The molecule has 1 aliphatic heterocycles. The summed E-state index contributed by atoms with van der Waals surface area (Å²) in [6.45, 7) is 0. The van der Waals surface area contributed by atoms with E-state index >= 15 is 0 Å². The van der Waals surface area contributed by atoms with Gasteiger partial charge >= 0.3 is 0 Å². The van der Waals surface area contributed by atoms with Gasteiger partial charge in [0, 0.05) is 11.7 Å². The van der Waals surface area contributed by atoms with E-state index in [1.54, 1.807) is 0 Å². The fraction of sp³-hybridized carbons (Fsp3) is 0.529. The molecule has 4 rings (SSSR count). The van der Waals surface area contributed by atoms with Gasteiger partial charge in [-0.3, -0.25) is 4.57 Å². The van der Waals surface area contributed by atoms with Gasteiger partial charge in [-0.15, -0.1) is 10.2 Å². The molecule has 3 atom stereocenters. The van der Waals surface area contributed by atoms with Crippen LogP contribution < -0.4 is 5.32 Å². The van der Waals surface area contributed by atoms with Crippen molar-refractivity contribution in [3.8, 4) is 5.69 Å². The smallest absolute Gasteiger partial charge is 0.154 e. The second kappa shape index (κ2) is 5.60. The Balaban J connectivity index is 1.59. The van der Waals surface area contributed by atoms with Gasteiger partial charge in [0.1, 0.15) is 6.33 Å². The van der Waals surface area contributed by atoms with Crippen LogP contribution in [-0.2, 0) is 0 Å². The van der Waals surface area contributed by atoms with E-state index in [0.29, 0.717) is 12.1 Å². The Morgan fingerprint density at radius 2 is 1.86 bits per heavy atom. The van der Waals surface area contributed by atoms with Gasteiger partial charge in [-0.1, -0.05) is 31.0 Å². The van der Waals surface area contributed by atoms with E-state index in [0.717, 1.165) is 17.4 Å². The molecule has 3 unspecified atom stereocenters. The second-order valence-corrected chi connectivity index (χ2v) is 6.34. The number of benzene rings is 1. The second-order valence-electron chi connectivity index (χ2n) is 6.34. The lowest BCUT2D eigenvalue weighted by atomic mass is 9.77. The zero-order valence-electron chi connectivity index (χ0n) is 12.3. The standard InChI is InChI=1S/C17H22N4/c1-2-7-14(8-3-1)21-12-18-20-17(21)16-11-10-13-6-4-5-9-15(13)19-16/h1-3,7-8,12-13,15-16,19H,4-6,9-11H2. The summed E-state index contributed by atoms with van der Waals surface area (Å²) in [5.74, 6) is 1.94. The van der Waals surface area contributed by atoms with Gasteiger partial charge in [-0.2, -0.15) is 0 Å². The van der Waals surface area contributed by atoms with Crippen molar-refractivity contribution in [1.29, 1.82) is 0 Å². The molecule has 2 aromatic rings. The van der Waals surface area contributed by atoms with Gasteiger partial charge in [-0.25, -0.2) is 0 Å². The summed E-state index contributed by atoms with van der Waals surface area (Å²) in [7, 11) is 0. The minimum Gasteiger partial charge on any atom is -0.304 e. The molecule has 1 saturated heterocycles. The number of nitrogens with one attached hydrogen (secondary N) is 1. The van der Waals surface area contributed by atoms with Crippen LogP contribution in [0, 0.1) is 5.92 Å². The molecular formula is C17H22N4. The lowest BCUT2D eigenvalue weighted by Crippen LogP contribution is -2.45. The summed E-state index contributed by atoms with van der Waals surface area (Å²) < 4.78 is 2.13. The SMILES string of the molecule is c1ccc(-n2cnnc2C2CCC3CCCCC3N2)cc1. The van der Waals surface area contributed by atoms with Crippen LogP contribution in [0.5, 0.6) is 0 Å². The van der Waals surface area contributed by atoms with Crippen LogP contribution in [0.1, 0.15) is 50.4 Å². The lowest BCUT2D eigenvalue weighted by Gasteiger charge is -2.40. The van der Waals surface area contributed by atoms with Gasteiger partial charge in [-0.05, 0) is 43.7 Å². The molecule has 4 nitrogen and oxygen atoms in total. The van der Waals surface area contributed by atoms with Crippen LogP contribution >= 0.6 is 0 Å². The molecule has 0 spiro atoms. The Morgan fingerprint density at radius 1 is 1.00 bits per heavy atom. The summed E-state index contributed by atoms with van der Waals surface area (Å²) >= 11 is 0. The fourth-order valence-electron chi connectivity index (χ4n) is 3.97. The Kier molecular flexibility index (Phi) is 3.47. The first-order valence-corrected chi connectivity index (χ1v) is 8.13. The van der Waals surface area contributed by atoms with Crippen LogP contribution in [0.15, 0.2) is 36.7 Å². The first kappa shape index (κ1) is 13.0. The van der Waals surface area contributed by atoms with Crippen molar-refractivity contribution in [2.45, 2.75) is 50.6 Å². The molecule has 0 amide bonds. The Hall–Kier alpha value is -1.68. The van der Waals surface area contributed by atoms with E-state index < -0.39 is 0 Å². The van der Waals surface area contributed by atoms with E-state index in [-0.39, 0.29) is 0 Å². The summed E-state index contributed by atoms with van der Waals surface area (Å²) in [5.41, 5.74) is 1.14. The molecular weight excluding hydrogens is 260 g/mol. The molecule has 1 aliphatic carbocycles. The van der Waals surface area contributed by atoms with E-state index in [2.05, 4.69) is 44.3 Å². The lowest BCUT2D eigenvalue weighted by molar-refractivity contribution is 0.172. The third-order valence-electron chi connectivity index (χ3n) is 5.07. The topological polar surface area (TPSA) is 42.7 Å².